The van der Waals surface area contributed by atoms with E-state index in [9.17, 15) is 4.79 Å². The SMILES string of the molecule is Cc1cnccc1N1CCCC1C(=O)O. The molecule has 4 nitrogen and oxygen atoms in total. The fraction of sp³-hybridized carbons (Fsp3) is 0.455. The Labute approximate surface area is 88.6 Å². The van der Waals surface area contributed by atoms with Gasteiger partial charge in [-0.2, -0.15) is 0 Å². The van der Waals surface area contributed by atoms with Gasteiger partial charge >= 0.3 is 5.97 Å². The standard InChI is InChI=1S/C11H14N2O2/c1-8-7-12-5-4-9(8)13-6-2-3-10(13)11(14)15/h4-5,7,10H,2-3,6H2,1H3,(H,14,15). The van der Waals surface area contributed by atoms with E-state index in [1.54, 1.807) is 12.4 Å². The predicted molar refractivity (Wildman–Crippen MR) is 57.0 cm³/mol. The van der Waals surface area contributed by atoms with Crippen LogP contribution in [0.2, 0.25) is 0 Å². The van der Waals surface area contributed by atoms with Crippen LogP contribution in [0.15, 0.2) is 18.5 Å². The second-order valence-electron chi connectivity index (χ2n) is 3.85. The number of carboxylic acids is 1. The first-order valence-corrected chi connectivity index (χ1v) is 5.10. The maximum Gasteiger partial charge on any atom is 0.326 e. The van der Waals surface area contributed by atoms with Gasteiger partial charge in [0, 0.05) is 24.6 Å². The molecule has 1 atom stereocenters. The Morgan fingerprint density at radius 3 is 3.13 bits per heavy atom. The molecule has 0 bridgehead atoms. The highest BCUT2D eigenvalue weighted by Gasteiger charge is 2.31. The van der Waals surface area contributed by atoms with Crippen LogP contribution in [0.5, 0.6) is 0 Å². The summed E-state index contributed by atoms with van der Waals surface area (Å²) in [5.74, 6) is -0.733. The largest absolute Gasteiger partial charge is 0.480 e. The van der Waals surface area contributed by atoms with Crippen molar-refractivity contribution in [2.24, 2.45) is 0 Å². The van der Waals surface area contributed by atoms with Crippen LogP contribution in [-0.4, -0.2) is 28.6 Å². The van der Waals surface area contributed by atoms with Crippen LogP contribution in [0.4, 0.5) is 5.69 Å². The molecule has 80 valence electrons. The monoisotopic (exact) mass is 206 g/mol. The Morgan fingerprint density at radius 1 is 1.67 bits per heavy atom. The third-order valence-electron chi connectivity index (χ3n) is 2.84. The van der Waals surface area contributed by atoms with Crippen LogP contribution in [0, 0.1) is 6.92 Å². The van der Waals surface area contributed by atoms with Crippen LogP contribution in [0.25, 0.3) is 0 Å². The summed E-state index contributed by atoms with van der Waals surface area (Å²) in [5, 5.41) is 9.08. The summed E-state index contributed by atoms with van der Waals surface area (Å²) in [4.78, 5) is 17.0. The lowest BCUT2D eigenvalue weighted by Gasteiger charge is -2.24. The number of aromatic nitrogens is 1. The van der Waals surface area contributed by atoms with E-state index in [-0.39, 0.29) is 6.04 Å². The fourth-order valence-corrected chi connectivity index (χ4v) is 2.10. The molecular formula is C11H14N2O2. The number of carbonyl (C=O) groups is 1. The number of carboxylic acid groups (broad SMARTS) is 1. The second kappa shape index (κ2) is 3.88. The van der Waals surface area contributed by atoms with Gasteiger partial charge in [-0.15, -0.1) is 0 Å². The van der Waals surface area contributed by atoms with Crippen LogP contribution in [0.1, 0.15) is 18.4 Å². The molecule has 0 spiro atoms. The van der Waals surface area contributed by atoms with Crippen molar-refractivity contribution in [3.63, 3.8) is 0 Å². The smallest absolute Gasteiger partial charge is 0.326 e. The summed E-state index contributed by atoms with van der Waals surface area (Å²) in [6.45, 7) is 2.78. The summed E-state index contributed by atoms with van der Waals surface area (Å²) >= 11 is 0. The van der Waals surface area contributed by atoms with Gasteiger partial charge in [-0.1, -0.05) is 0 Å². The minimum Gasteiger partial charge on any atom is -0.480 e. The number of hydrogen-bond donors (Lipinski definition) is 1. The number of nitrogens with zero attached hydrogens (tertiary/aromatic N) is 2. The van der Waals surface area contributed by atoms with Crippen LogP contribution >= 0.6 is 0 Å². The number of rotatable bonds is 2. The van der Waals surface area contributed by atoms with E-state index in [0.717, 1.165) is 30.6 Å². The van der Waals surface area contributed by atoms with Crippen molar-refractivity contribution >= 4 is 11.7 Å². The van der Waals surface area contributed by atoms with Gasteiger partial charge in [-0.05, 0) is 31.4 Å². The van der Waals surface area contributed by atoms with E-state index in [1.165, 1.54) is 0 Å². The normalized spacial score (nSPS) is 20.6. The summed E-state index contributed by atoms with van der Waals surface area (Å²) < 4.78 is 0. The molecule has 1 unspecified atom stereocenters. The van der Waals surface area contributed by atoms with E-state index >= 15 is 0 Å². The fourth-order valence-electron chi connectivity index (χ4n) is 2.10. The molecule has 0 amide bonds. The Balaban J connectivity index is 2.30. The lowest BCUT2D eigenvalue weighted by atomic mass is 10.2. The first kappa shape index (κ1) is 9.96. The van der Waals surface area contributed by atoms with Crippen LogP contribution < -0.4 is 4.90 Å². The highest BCUT2D eigenvalue weighted by Crippen LogP contribution is 2.27. The van der Waals surface area contributed by atoms with Gasteiger partial charge in [-0.25, -0.2) is 4.79 Å². The molecule has 1 aromatic heterocycles. The number of pyridine rings is 1. The van der Waals surface area contributed by atoms with Gasteiger partial charge < -0.3 is 10.0 Å². The molecule has 15 heavy (non-hydrogen) atoms. The average Bonchev–Trinajstić information content (AvgIpc) is 2.67. The second-order valence-corrected chi connectivity index (χ2v) is 3.85. The van der Waals surface area contributed by atoms with Gasteiger partial charge in [-0.3, -0.25) is 4.98 Å². The van der Waals surface area contributed by atoms with E-state index in [1.807, 2.05) is 17.9 Å². The first-order valence-electron chi connectivity index (χ1n) is 5.10. The molecule has 1 saturated heterocycles. The number of aliphatic carboxylic acids is 1. The molecule has 0 aliphatic carbocycles. The molecule has 0 aromatic carbocycles. The molecule has 2 rings (SSSR count). The molecule has 1 N–H and O–H groups in total. The summed E-state index contributed by atoms with van der Waals surface area (Å²) in [5.41, 5.74) is 2.03. The van der Waals surface area contributed by atoms with E-state index in [0.29, 0.717) is 0 Å². The average molecular weight is 206 g/mol. The van der Waals surface area contributed by atoms with Gasteiger partial charge in [0.25, 0.3) is 0 Å². The zero-order valence-corrected chi connectivity index (χ0v) is 8.68. The van der Waals surface area contributed by atoms with Crippen molar-refractivity contribution < 1.29 is 9.90 Å². The summed E-state index contributed by atoms with van der Waals surface area (Å²) in [6.07, 6.45) is 5.15. The molecule has 0 radical (unpaired) electrons. The number of anilines is 1. The molecular weight excluding hydrogens is 192 g/mol. The highest BCUT2D eigenvalue weighted by atomic mass is 16.4. The number of hydrogen-bond acceptors (Lipinski definition) is 3. The van der Waals surface area contributed by atoms with E-state index < -0.39 is 5.97 Å². The third-order valence-corrected chi connectivity index (χ3v) is 2.84. The zero-order chi connectivity index (χ0) is 10.8. The Bertz CT molecular complexity index is 379. The molecule has 1 aliphatic rings. The Morgan fingerprint density at radius 2 is 2.47 bits per heavy atom. The highest BCUT2D eigenvalue weighted by molar-refractivity contribution is 5.79. The quantitative estimate of drug-likeness (QED) is 0.795. The van der Waals surface area contributed by atoms with Gasteiger partial charge in [0.15, 0.2) is 0 Å². The molecule has 4 heteroatoms. The third kappa shape index (κ3) is 1.79. The number of aryl methyl sites for hydroxylation is 1. The van der Waals surface area contributed by atoms with Gasteiger partial charge in [0.2, 0.25) is 0 Å². The van der Waals surface area contributed by atoms with Gasteiger partial charge in [0.1, 0.15) is 6.04 Å². The predicted octanol–water partition coefficient (Wildman–Crippen LogP) is 1.44. The maximum absolute atomic E-state index is 11.0. The van der Waals surface area contributed by atoms with Crippen molar-refractivity contribution in [2.45, 2.75) is 25.8 Å². The maximum atomic E-state index is 11.0. The Kier molecular flexibility index (Phi) is 2.58. The lowest BCUT2D eigenvalue weighted by molar-refractivity contribution is -0.138. The van der Waals surface area contributed by atoms with Crippen molar-refractivity contribution in [3.8, 4) is 0 Å². The van der Waals surface area contributed by atoms with Gasteiger partial charge in [0.05, 0.1) is 0 Å². The van der Waals surface area contributed by atoms with Crippen LogP contribution in [0.3, 0.4) is 0 Å². The topological polar surface area (TPSA) is 53.4 Å². The van der Waals surface area contributed by atoms with Crippen molar-refractivity contribution in [1.82, 2.24) is 4.98 Å². The summed E-state index contributed by atoms with van der Waals surface area (Å²) in [7, 11) is 0. The van der Waals surface area contributed by atoms with Crippen molar-refractivity contribution in [3.05, 3.63) is 24.0 Å². The first-order chi connectivity index (χ1) is 7.20. The van der Waals surface area contributed by atoms with E-state index in [2.05, 4.69) is 4.98 Å². The molecule has 2 heterocycles. The van der Waals surface area contributed by atoms with E-state index in [4.69, 9.17) is 5.11 Å². The molecule has 1 aromatic rings. The minimum absolute atomic E-state index is 0.369. The molecule has 1 aliphatic heterocycles. The minimum atomic E-state index is -0.733. The molecule has 1 fully saturated rings. The van der Waals surface area contributed by atoms with Crippen molar-refractivity contribution in [1.29, 1.82) is 0 Å². The van der Waals surface area contributed by atoms with Crippen molar-refractivity contribution in [2.75, 3.05) is 11.4 Å². The molecule has 0 saturated carbocycles. The lowest BCUT2D eigenvalue weighted by Crippen LogP contribution is -2.36. The summed E-state index contributed by atoms with van der Waals surface area (Å²) in [6, 6.07) is 1.52. The van der Waals surface area contributed by atoms with Crippen LogP contribution in [-0.2, 0) is 4.79 Å². The Hall–Kier alpha value is -1.58. The zero-order valence-electron chi connectivity index (χ0n) is 8.68.